The second-order valence-electron chi connectivity index (χ2n) is 5.97. The van der Waals surface area contributed by atoms with Crippen LogP contribution in [0.3, 0.4) is 0 Å². The van der Waals surface area contributed by atoms with E-state index in [1.54, 1.807) is 0 Å². The lowest BCUT2D eigenvalue weighted by Crippen LogP contribution is -1.97. The molecule has 22 heavy (non-hydrogen) atoms. The van der Waals surface area contributed by atoms with Crippen LogP contribution in [0.1, 0.15) is 24.2 Å². The largest absolute Gasteiger partial charge is 0.389 e. The maximum atomic E-state index is 10.4. The maximum Gasteiger partial charge on any atom is 0.0773 e. The van der Waals surface area contributed by atoms with Crippen molar-refractivity contribution in [3.63, 3.8) is 0 Å². The summed E-state index contributed by atoms with van der Waals surface area (Å²) >= 11 is 0. The third kappa shape index (κ3) is 1.76. The normalized spacial score (nSPS) is 13.0. The molecule has 0 aliphatic carbocycles. The molecule has 0 bridgehead atoms. The molecule has 0 saturated heterocycles. The molecule has 0 saturated carbocycles. The molecule has 0 amide bonds. The number of benzene rings is 4. The van der Waals surface area contributed by atoms with Crippen molar-refractivity contribution in [1.82, 2.24) is 0 Å². The number of fused-ring (bicyclic) bond motifs is 4. The van der Waals surface area contributed by atoms with Gasteiger partial charge in [0.2, 0.25) is 0 Å². The van der Waals surface area contributed by atoms with E-state index in [2.05, 4.69) is 61.5 Å². The Morgan fingerprint density at radius 3 is 2.09 bits per heavy atom. The minimum absolute atomic E-state index is 0.492. The zero-order valence-electron chi connectivity index (χ0n) is 12.8. The van der Waals surface area contributed by atoms with Crippen molar-refractivity contribution >= 4 is 32.3 Å². The highest BCUT2D eigenvalue weighted by molar-refractivity contribution is 6.16. The number of aliphatic hydroxyl groups excluding tert-OH is 1. The summed E-state index contributed by atoms with van der Waals surface area (Å²) in [6, 6.07) is 21.1. The minimum Gasteiger partial charge on any atom is -0.389 e. The SMILES string of the molecule is Cc1c2ccccc2c(C(C)O)c2ccc3ccccc3c12. The molecule has 1 heteroatoms. The van der Waals surface area contributed by atoms with E-state index in [0.717, 1.165) is 16.3 Å². The molecule has 1 nitrogen and oxygen atoms in total. The molecule has 0 aliphatic rings. The van der Waals surface area contributed by atoms with Gasteiger partial charge in [-0.1, -0.05) is 60.7 Å². The van der Waals surface area contributed by atoms with Crippen molar-refractivity contribution in [2.75, 3.05) is 0 Å². The molecule has 1 unspecified atom stereocenters. The topological polar surface area (TPSA) is 20.2 Å². The zero-order chi connectivity index (χ0) is 15.3. The molecule has 0 fully saturated rings. The number of aryl methyl sites for hydroxylation is 1. The number of aliphatic hydroxyl groups is 1. The first-order chi connectivity index (χ1) is 10.7. The molecule has 4 aromatic carbocycles. The minimum atomic E-state index is -0.492. The van der Waals surface area contributed by atoms with Gasteiger partial charge in [-0.05, 0) is 57.3 Å². The van der Waals surface area contributed by atoms with E-state index >= 15 is 0 Å². The first-order valence-corrected chi connectivity index (χ1v) is 7.69. The fourth-order valence-electron chi connectivity index (χ4n) is 3.67. The second-order valence-corrected chi connectivity index (χ2v) is 5.97. The van der Waals surface area contributed by atoms with Crippen molar-refractivity contribution in [2.24, 2.45) is 0 Å². The fraction of sp³-hybridized carbons (Fsp3) is 0.143. The van der Waals surface area contributed by atoms with E-state index in [4.69, 9.17) is 0 Å². The molecule has 1 N–H and O–H groups in total. The Kier molecular flexibility index (Phi) is 2.91. The van der Waals surface area contributed by atoms with Crippen molar-refractivity contribution in [3.05, 3.63) is 71.8 Å². The molecule has 108 valence electrons. The van der Waals surface area contributed by atoms with Crippen LogP contribution in [0.4, 0.5) is 0 Å². The van der Waals surface area contributed by atoms with Gasteiger partial charge >= 0.3 is 0 Å². The second kappa shape index (κ2) is 4.82. The summed E-state index contributed by atoms with van der Waals surface area (Å²) < 4.78 is 0. The molecule has 0 heterocycles. The maximum absolute atomic E-state index is 10.4. The van der Waals surface area contributed by atoms with E-state index in [9.17, 15) is 5.11 Å². The van der Waals surface area contributed by atoms with Gasteiger partial charge in [0.1, 0.15) is 0 Å². The van der Waals surface area contributed by atoms with Crippen molar-refractivity contribution in [2.45, 2.75) is 20.0 Å². The molecule has 0 radical (unpaired) electrons. The monoisotopic (exact) mass is 286 g/mol. The fourth-order valence-corrected chi connectivity index (χ4v) is 3.67. The number of hydrogen-bond donors (Lipinski definition) is 1. The lowest BCUT2D eigenvalue weighted by molar-refractivity contribution is 0.202. The smallest absolute Gasteiger partial charge is 0.0773 e. The average Bonchev–Trinajstić information content (AvgIpc) is 2.54. The summed E-state index contributed by atoms with van der Waals surface area (Å²) in [5.74, 6) is 0. The van der Waals surface area contributed by atoms with Crippen LogP contribution in [0, 0.1) is 6.92 Å². The molecule has 0 aliphatic heterocycles. The predicted molar refractivity (Wildman–Crippen MR) is 94.3 cm³/mol. The van der Waals surface area contributed by atoms with Gasteiger partial charge in [0, 0.05) is 0 Å². The van der Waals surface area contributed by atoms with E-state index in [-0.39, 0.29) is 0 Å². The van der Waals surface area contributed by atoms with Gasteiger partial charge in [0.05, 0.1) is 6.10 Å². The summed E-state index contributed by atoms with van der Waals surface area (Å²) in [5, 5.41) is 17.7. The van der Waals surface area contributed by atoms with Crippen LogP contribution in [0.5, 0.6) is 0 Å². The number of rotatable bonds is 1. The van der Waals surface area contributed by atoms with Gasteiger partial charge in [-0.25, -0.2) is 0 Å². The Bertz CT molecular complexity index is 1010. The predicted octanol–water partition coefficient (Wildman–Crippen LogP) is 5.51. The van der Waals surface area contributed by atoms with Crippen LogP contribution in [0.25, 0.3) is 32.3 Å². The van der Waals surface area contributed by atoms with Gasteiger partial charge in [-0.3, -0.25) is 0 Å². The van der Waals surface area contributed by atoms with Crippen molar-refractivity contribution < 1.29 is 5.11 Å². The zero-order valence-corrected chi connectivity index (χ0v) is 12.8. The third-order valence-corrected chi connectivity index (χ3v) is 4.63. The first-order valence-electron chi connectivity index (χ1n) is 7.69. The van der Waals surface area contributed by atoms with Gasteiger partial charge < -0.3 is 5.11 Å². The molecule has 0 aromatic heterocycles. The first kappa shape index (κ1) is 13.3. The van der Waals surface area contributed by atoms with E-state index in [0.29, 0.717) is 0 Å². The Labute approximate surface area is 129 Å². The molecule has 1 atom stereocenters. The Morgan fingerprint density at radius 2 is 1.36 bits per heavy atom. The molecule has 4 aromatic rings. The Hall–Kier alpha value is -2.38. The summed E-state index contributed by atoms with van der Waals surface area (Å²) in [4.78, 5) is 0. The highest BCUT2D eigenvalue weighted by Gasteiger charge is 2.16. The summed E-state index contributed by atoms with van der Waals surface area (Å²) in [5.41, 5.74) is 2.31. The third-order valence-electron chi connectivity index (χ3n) is 4.63. The van der Waals surface area contributed by atoms with Crippen LogP contribution in [-0.4, -0.2) is 5.11 Å². The molecular formula is C21H18O. The van der Waals surface area contributed by atoms with E-state index in [1.807, 2.05) is 13.0 Å². The average molecular weight is 286 g/mol. The van der Waals surface area contributed by atoms with Crippen LogP contribution < -0.4 is 0 Å². The standard InChI is InChI=1S/C21H18O/c1-13-16-8-5-6-10-18(16)21(14(2)22)19-12-11-15-7-3-4-9-17(15)20(13)19/h3-12,14,22H,1-2H3. The van der Waals surface area contributed by atoms with E-state index < -0.39 is 6.10 Å². The molecule has 0 spiro atoms. The van der Waals surface area contributed by atoms with Crippen LogP contribution >= 0.6 is 0 Å². The van der Waals surface area contributed by atoms with Crippen molar-refractivity contribution in [1.29, 1.82) is 0 Å². The van der Waals surface area contributed by atoms with Gasteiger partial charge in [0.25, 0.3) is 0 Å². The lowest BCUT2D eigenvalue weighted by atomic mass is 9.88. The van der Waals surface area contributed by atoms with Gasteiger partial charge in [0.15, 0.2) is 0 Å². The van der Waals surface area contributed by atoms with Crippen LogP contribution in [-0.2, 0) is 0 Å². The Morgan fingerprint density at radius 1 is 0.727 bits per heavy atom. The van der Waals surface area contributed by atoms with E-state index in [1.165, 1.54) is 27.1 Å². The quantitative estimate of drug-likeness (QED) is 0.361. The van der Waals surface area contributed by atoms with Crippen LogP contribution in [0.2, 0.25) is 0 Å². The highest BCUT2D eigenvalue weighted by Crippen LogP contribution is 2.39. The summed E-state index contributed by atoms with van der Waals surface area (Å²) in [6.45, 7) is 4.04. The molecular weight excluding hydrogens is 268 g/mol. The van der Waals surface area contributed by atoms with Gasteiger partial charge in [-0.2, -0.15) is 0 Å². The summed E-state index contributed by atoms with van der Waals surface area (Å²) in [7, 11) is 0. The van der Waals surface area contributed by atoms with Gasteiger partial charge in [-0.15, -0.1) is 0 Å². The lowest BCUT2D eigenvalue weighted by Gasteiger charge is -2.18. The highest BCUT2D eigenvalue weighted by atomic mass is 16.3. The molecule has 4 rings (SSSR count). The summed E-state index contributed by atoms with van der Waals surface area (Å²) in [6.07, 6.45) is -0.492. The Balaban J connectivity index is 2.36. The van der Waals surface area contributed by atoms with Crippen molar-refractivity contribution in [3.8, 4) is 0 Å². The number of hydrogen-bond acceptors (Lipinski definition) is 1. The van der Waals surface area contributed by atoms with Crippen LogP contribution in [0.15, 0.2) is 60.7 Å².